The highest BCUT2D eigenvalue weighted by Crippen LogP contribution is 2.18. The summed E-state index contributed by atoms with van der Waals surface area (Å²) in [5.41, 5.74) is 3.55. The van der Waals surface area contributed by atoms with Crippen LogP contribution in [0.15, 0.2) is 30.8 Å². The summed E-state index contributed by atoms with van der Waals surface area (Å²) in [5.74, 6) is 0. The highest BCUT2D eigenvalue weighted by atomic mass is 14.8. The molecule has 0 atom stereocenters. The van der Waals surface area contributed by atoms with Crippen LogP contribution >= 0.6 is 0 Å². The fraction of sp³-hybridized carbons (Fsp3) is 0.273. The maximum absolute atomic E-state index is 3.99. The van der Waals surface area contributed by atoms with E-state index in [-0.39, 0.29) is 0 Å². The molecule has 0 aliphatic carbocycles. The minimum atomic E-state index is 1.01. The molecule has 12 heavy (non-hydrogen) atoms. The van der Waals surface area contributed by atoms with Gasteiger partial charge in [-0.2, -0.15) is 0 Å². The zero-order valence-electron chi connectivity index (χ0n) is 7.72. The Morgan fingerprint density at radius 3 is 2.83 bits per heavy atom. The van der Waals surface area contributed by atoms with Gasteiger partial charge in [-0.25, -0.2) is 0 Å². The summed E-state index contributed by atoms with van der Waals surface area (Å²) in [7, 11) is 1.92. The molecule has 0 spiro atoms. The highest BCUT2D eigenvalue weighted by Gasteiger charge is 1.96. The van der Waals surface area contributed by atoms with Gasteiger partial charge in [0.25, 0.3) is 0 Å². The van der Waals surface area contributed by atoms with Crippen molar-refractivity contribution in [3.63, 3.8) is 0 Å². The van der Waals surface area contributed by atoms with Crippen molar-refractivity contribution in [2.75, 3.05) is 12.4 Å². The van der Waals surface area contributed by atoms with Gasteiger partial charge in [0.1, 0.15) is 0 Å². The molecule has 0 aliphatic rings. The number of hydrogen-bond donors (Lipinski definition) is 1. The van der Waals surface area contributed by atoms with Crippen molar-refractivity contribution in [2.45, 2.75) is 13.3 Å². The Hall–Kier alpha value is -1.24. The molecule has 64 valence electrons. The summed E-state index contributed by atoms with van der Waals surface area (Å²) in [4.78, 5) is 0. The summed E-state index contributed by atoms with van der Waals surface area (Å²) in [6.45, 7) is 6.11. The molecule has 1 heteroatoms. The molecule has 0 heterocycles. The minimum absolute atomic E-state index is 1.01. The Bertz CT molecular complexity index is 276. The Labute approximate surface area is 74.1 Å². The van der Waals surface area contributed by atoms with E-state index in [1.165, 1.54) is 11.1 Å². The van der Waals surface area contributed by atoms with Gasteiger partial charge in [-0.15, -0.1) is 0 Å². The second-order valence-electron chi connectivity index (χ2n) is 2.79. The lowest BCUT2D eigenvalue weighted by atomic mass is 10.1. The number of rotatable bonds is 3. The van der Waals surface area contributed by atoms with Gasteiger partial charge in [-0.1, -0.05) is 25.6 Å². The molecular formula is C11H15N. The van der Waals surface area contributed by atoms with Gasteiger partial charge in [-0.3, -0.25) is 0 Å². The lowest BCUT2D eigenvalue weighted by Crippen LogP contribution is -1.89. The van der Waals surface area contributed by atoms with Crippen LogP contribution in [0.1, 0.15) is 18.9 Å². The zero-order chi connectivity index (χ0) is 8.97. The van der Waals surface area contributed by atoms with E-state index in [2.05, 4.69) is 31.0 Å². The van der Waals surface area contributed by atoms with E-state index in [1.807, 2.05) is 19.2 Å². The van der Waals surface area contributed by atoms with Crippen molar-refractivity contribution < 1.29 is 0 Å². The number of anilines is 1. The largest absolute Gasteiger partial charge is 0.388 e. The maximum atomic E-state index is 3.99. The number of hydrogen-bond acceptors (Lipinski definition) is 1. The van der Waals surface area contributed by atoms with Crippen molar-refractivity contribution in [3.8, 4) is 0 Å². The molecule has 1 aromatic carbocycles. The first-order chi connectivity index (χ1) is 5.77. The highest BCUT2D eigenvalue weighted by molar-refractivity contribution is 5.66. The summed E-state index contributed by atoms with van der Waals surface area (Å²) in [6, 6.07) is 8.30. The second kappa shape index (κ2) is 3.96. The van der Waals surface area contributed by atoms with Crippen LogP contribution in [-0.2, 0) is 0 Å². The molecular weight excluding hydrogens is 146 g/mol. The van der Waals surface area contributed by atoms with Crippen LogP contribution in [0.2, 0.25) is 0 Å². The first-order valence-corrected chi connectivity index (χ1v) is 4.24. The van der Waals surface area contributed by atoms with Gasteiger partial charge in [-0.05, 0) is 29.7 Å². The molecule has 0 unspecified atom stereocenters. The normalized spacial score (nSPS) is 9.50. The third kappa shape index (κ3) is 1.88. The van der Waals surface area contributed by atoms with Crippen LogP contribution in [0.3, 0.4) is 0 Å². The van der Waals surface area contributed by atoms with E-state index in [1.54, 1.807) is 0 Å². The van der Waals surface area contributed by atoms with Gasteiger partial charge >= 0.3 is 0 Å². The number of allylic oxidation sites excluding steroid dienone is 1. The third-order valence-corrected chi connectivity index (χ3v) is 1.99. The molecule has 1 rings (SSSR count). The molecule has 1 aromatic rings. The number of nitrogens with one attached hydrogen (secondary N) is 1. The SMILES string of the molecule is C=C(CC)c1cccc(NC)c1. The lowest BCUT2D eigenvalue weighted by molar-refractivity contribution is 1.24. The van der Waals surface area contributed by atoms with Crippen molar-refractivity contribution >= 4 is 11.3 Å². The molecule has 0 aromatic heterocycles. The molecule has 0 radical (unpaired) electrons. The van der Waals surface area contributed by atoms with Crippen molar-refractivity contribution in [2.24, 2.45) is 0 Å². The fourth-order valence-corrected chi connectivity index (χ4v) is 1.10. The van der Waals surface area contributed by atoms with E-state index in [4.69, 9.17) is 0 Å². The fourth-order valence-electron chi connectivity index (χ4n) is 1.10. The average molecular weight is 161 g/mol. The molecule has 0 bridgehead atoms. The quantitative estimate of drug-likeness (QED) is 0.718. The first-order valence-electron chi connectivity index (χ1n) is 4.24. The molecule has 0 fully saturated rings. The van der Waals surface area contributed by atoms with Crippen LogP contribution in [0, 0.1) is 0 Å². The van der Waals surface area contributed by atoms with E-state index in [0.29, 0.717) is 0 Å². The average Bonchev–Trinajstić information content (AvgIpc) is 2.17. The van der Waals surface area contributed by atoms with Crippen LogP contribution in [-0.4, -0.2) is 7.05 Å². The second-order valence-corrected chi connectivity index (χ2v) is 2.79. The molecule has 0 amide bonds. The number of benzene rings is 1. The van der Waals surface area contributed by atoms with E-state index in [9.17, 15) is 0 Å². The van der Waals surface area contributed by atoms with E-state index in [0.717, 1.165) is 12.1 Å². The van der Waals surface area contributed by atoms with Crippen molar-refractivity contribution in [1.29, 1.82) is 0 Å². The van der Waals surface area contributed by atoms with Gasteiger partial charge < -0.3 is 5.32 Å². The monoisotopic (exact) mass is 161 g/mol. The maximum Gasteiger partial charge on any atom is 0.0343 e. The van der Waals surface area contributed by atoms with Gasteiger partial charge in [0.15, 0.2) is 0 Å². The Morgan fingerprint density at radius 2 is 2.25 bits per heavy atom. The van der Waals surface area contributed by atoms with Crippen LogP contribution < -0.4 is 5.32 Å². The zero-order valence-corrected chi connectivity index (χ0v) is 7.72. The molecule has 1 nitrogen and oxygen atoms in total. The van der Waals surface area contributed by atoms with Crippen molar-refractivity contribution in [1.82, 2.24) is 0 Å². The van der Waals surface area contributed by atoms with Crippen molar-refractivity contribution in [3.05, 3.63) is 36.4 Å². The smallest absolute Gasteiger partial charge is 0.0343 e. The summed E-state index contributed by atoms with van der Waals surface area (Å²) in [6.07, 6.45) is 1.01. The van der Waals surface area contributed by atoms with Gasteiger partial charge in [0.05, 0.1) is 0 Å². The molecule has 0 saturated carbocycles. The Balaban J connectivity index is 2.93. The summed E-state index contributed by atoms with van der Waals surface area (Å²) in [5, 5.41) is 3.11. The van der Waals surface area contributed by atoms with E-state index < -0.39 is 0 Å². The topological polar surface area (TPSA) is 12.0 Å². The van der Waals surface area contributed by atoms with Gasteiger partial charge in [0.2, 0.25) is 0 Å². The molecule has 0 saturated heterocycles. The minimum Gasteiger partial charge on any atom is -0.388 e. The Kier molecular flexibility index (Phi) is 2.92. The standard InChI is InChI=1S/C11H15N/c1-4-9(2)10-6-5-7-11(8-10)12-3/h5-8,12H,2,4H2,1,3H3. The van der Waals surface area contributed by atoms with Crippen LogP contribution in [0.25, 0.3) is 5.57 Å². The van der Waals surface area contributed by atoms with E-state index >= 15 is 0 Å². The van der Waals surface area contributed by atoms with Crippen LogP contribution in [0.5, 0.6) is 0 Å². The van der Waals surface area contributed by atoms with Gasteiger partial charge in [0, 0.05) is 12.7 Å². The van der Waals surface area contributed by atoms with Crippen LogP contribution in [0.4, 0.5) is 5.69 Å². The lowest BCUT2D eigenvalue weighted by Gasteiger charge is -2.05. The predicted octanol–water partition coefficient (Wildman–Crippen LogP) is 3.15. The summed E-state index contributed by atoms with van der Waals surface area (Å²) < 4.78 is 0. The summed E-state index contributed by atoms with van der Waals surface area (Å²) >= 11 is 0. The molecule has 0 aliphatic heterocycles. The third-order valence-electron chi connectivity index (χ3n) is 1.99. The Morgan fingerprint density at radius 1 is 1.50 bits per heavy atom. The predicted molar refractivity (Wildman–Crippen MR) is 55.3 cm³/mol. The first kappa shape index (κ1) is 8.85. The molecule has 1 N–H and O–H groups in total.